The first-order valence-corrected chi connectivity index (χ1v) is 9.40. The van der Waals surface area contributed by atoms with Crippen molar-refractivity contribution in [3.63, 3.8) is 0 Å². The quantitative estimate of drug-likeness (QED) is 0.817. The Kier molecular flexibility index (Phi) is 4.74. The molecule has 2 saturated heterocycles. The van der Waals surface area contributed by atoms with E-state index in [1.807, 2.05) is 15.9 Å². The van der Waals surface area contributed by atoms with Crippen LogP contribution in [0.25, 0.3) is 0 Å². The number of amides is 2. The SMILES string of the molecule is O=C(C1CC(=O)N(C2CCCC2)C1)N1CCN(Cc2ccon2)CC1. The molecule has 25 heavy (non-hydrogen) atoms. The molecule has 1 aromatic rings. The second-order valence-electron chi connectivity index (χ2n) is 7.48. The first-order chi connectivity index (χ1) is 12.2. The molecule has 0 bridgehead atoms. The van der Waals surface area contributed by atoms with Gasteiger partial charge >= 0.3 is 0 Å². The van der Waals surface area contributed by atoms with Crippen LogP contribution in [0, 0.1) is 5.92 Å². The highest BCUT2D eigenvalue weighted by Gasteiger charge is 2.40. The van der Waals surface area contributed by atoms with Gasteiger partial charge in [0.25, 0.3) is 0 Å². The van der Waals surface area contributed by atoms with Crippen LogP contribution in [0.5, 0.6) is 0 Å². The third-order valence-corrected chi connectivity index (χ3v) is 5.83. The van der Waals surface area contributed by atoms with Gasteiger partial charge in [0.2, 0.25) is 11.8 Å². The summed E-state index contributed by atoms with van der Waals surface area (Å²) in [5, 5.41) is 3.94. The number of nitrogens with zero attached hydrogens (tertiary/aromatic N) is 4. The summed E-state index contributed by atoms with van der Waals surface area (Å²) < 4.78 is 4.87. The van der Waals surface area contributed by atoms with Gasteiger partial charge in [-0.15, -0.1) is 0 Å². The molecule has 4 rings (SSSR count). The fourth-order valence-electron chi connectivity index (χ4n) is 4.40. The fourth-order valence-corrected chi connectivity index (χ4v) is 4.40. The molecule has 3 aliphatic rings. The highest BCUT2D eigenvalue weighted by molar-refractivity contribution is 5.89. The molecule has 1 aromatic heterocycles. The molecule has 3 heterocycles. The summed E-state index contributed by atoms with van der Waals surface area (Å²) in [6.45, 7) is 4.52. The number of piperazine rings is 1. The van der Waals surface area contributed by atoms with Crippen molar-refractivity contribution in [1.82, 2.24) is 19.9 Å². The van der Waals surface area contributed by atoms with Crippen molar-refractivity contribution < 1.29 is 14.1 Å². The molecule has 2 aliphatic heterocycles. The molecule has 1 unspecified atom stereocenters. The van der Waals surface area contributed by atoms with Crippen molar-refractivity contribution in [1.29, 1.82) is 0 Å². The lowest BCUT2D eigenvalue weighted by atomic mass is 10.1. The molecule has 0 N–H and O–H groups in total. The molecule has 3 fully saturated rings. The maximum Gasteiger partial charge on any atom is 0.228 e. The number of aromatic nitrogens is 1. The Hall–Kier alpha value is -1.89. The number of hydrogen-bond donors (Lipinski definition) is 0. The summed E-state index contributed by atoms with van der Waals surface area (Å²) in [6, 6.07) is 2.25. The number of rotatable bonds is 4. The average Bonchev–Trinajstić information content (AvgIpc) is 3.36. The minimum atomic E-state index is -0.143. The van der Waals surface area contributed by atoms with Crippen molar-refractivity contribution in [2.45, 2.75) is 44.7 Å². The van der Waals surface area contributed by atoms with Gasteiger partial charge in [0.05, 0.1) is 11.6 Å². The van der Waals surface area contributed by atoms with Gasteiger partial charge in [-0.1, -0.05) is 18.0 Å². The summed E-state index contributed by atoms with van der Waals surface area (Å²) in [4.78, 5) is 31.4. The van der Waals surface area contributed by atoms with Crippen LogP contribution < -0.4 is 0 Å². The summed E-state index contributed by atoms with van der Waals surface area (Å²) in [6.07, 6.45) is 6.61. The predicted molar refractivity (Wildman–Crippen MR) is 90.4 cm³/mol. The minimum Gasteiger partial charge on any atom is -0.364 e. The van der Waals surface area contributed by atoms with Crippen LogP contribution in [-0.2, 0) is 16.1 Å². The van der Waals surface area contributed by atoms with Gasteiger partial charge < -0.3 is 14.3 Å². The lowest BCUT2D eigenvalue weighted by molar-refractivity contribution is -0.137. The Bertz CT molecular complexity index is 604. The highest BCUT2D eigenvalue weighted by atomic mass is 16.5. The van der Waals surface area contributed by atoms with Gasteiger partial charge in [0.15, 0.2) is 0 Å². The van der Waals surface area contributed by atoms with E-state index in [1.165, 1.54) is 12.8 Å². The van der Waals surface area contributed by atoms with Crippen molar-refractivity contribution in [3.8, 4) is 0 Å². The molecule has 7 nitrogen and oxygen atoms in total. The van der Waals surface area contributed by atoms with Crippen molar-refractivity contribution in [2.75, 3.05) is 32.7 Å². The molecule has 1 atom stereocenters. The van der Waals surface area contributed by atoms with Crippen molar-refractivity contribution in [2.24, 2.45) is 5.92 Å². The maximum absolute atomic E-state index is 12.8. The van der Waals surface area contributed by atoms with Crippen LogP contribution in [-0.4, -0.2) is 70.4 Å². The van der Waals surface area contributed by atoms with E-state index in [4.69, 9.17) is 4.52 Å². The van der Waals surface area contributed by atoms with Crippen molar-refractivity contribution >= 4 is 11.8 Å². The molecule has 1 saturated carbocycles. The monoisotopic (exact) mass is 346 g/mol. The van der Waals surface area contributed by atoms with E-state index in [-0.39, 0.29) is 17.7 Å². The highest BCUT2D eigenvalue weighted by Crippen LogP contribution is 2.30. The topological polar surface area (TPSA) is 69.9 Å². The van der Waals surface area contributed by atoms with E-state index in [0.717, 1.165) is 51.3 Å². The normalized spacial score (nSPS) is 25.9. The van der Waals surface area contributed by atoms with E-state index in [9.17, 15) is 9.59 Å². The molecule has 1 aliphatic carbocycles. The van der Waals surface area contributed by atoms with Gasteiger partial charge in [-0.2, -0.15) is 0 Å². The molecule has 0 radical (unpaired) electrons. The van der Waals surface area contributed by atoms with E-state index in [0.29, 0.717) is 19.0 Å². The second kappa shape index (κ2) is 7.15. The van der Waals surface area contributed by atoms with Crippen LogP contribution in [0.1, 0.15) is 37.8 Å². The van der Waals surface area contributed by atoms with E-state index < -0.39 is 0 Å². The largest absolute Gasteiger partial charge is 0.364 e. The number of likely N-dealkylation sites (tertiary alicyclic amines) is 1. The zero-order valence-electron chi connectivity index (χ0n) is 14.6. The summed E-state index contributed by atoms with van der Waals surface area (Å²) >= 11 is 0. The second-order valence-corrected chi connectivity index (χ2v) is 7.48. The molecule has 136 valence electrons. The van der Waals surface area contributed by atoms with Crippen LogP contribution >= 0.6 is 0 Å². The van der Waals surface area contributed by atoms with E-state index in [2.05, 4.69) is 10.1 Å². The zero-order chi connectivity index (χ0) is 17.2. The lowest BCUT2D eigenvalue weighted by Gasteiger charge is -2.35. The van der Waals surface area contributed by atoms with Gasteiger partial charge in [-0.3, -0.25) is 14.5 Å². The summed E-state index contributed by atoms with van der Waals surface area (Å²) in [5.74, 6) is 0.194. The van der Waals surface area contributed by atoms with Crippen LogP contribution in [0.2, 0.25) is 0 Å². The van der Waals surface area contributed by atoms with Gasteiger partial charge in [0, 0.05) is 57.8 Å². The van der Waals surface area contributed by atoms with E-state index in [1.54, 1.807) is 6.26 Å². The molecular formula is C18H26N4O3. The molecule has 0 spiro atoms. The summed E-state index contributed by atoms with van der Waals surface area (Å²) in [7, 11) is 0. The standard InChI is InChI=1S/C18H26N4O3/c23-17-11-14(12-22(17)16-3-1-2-4-16)18(24)21-8-6-20(7-9-21)13-15-5-10-25-19-15/h5,10,14,16H,1-4,6-9,11-13H2. The average molecular weight is 346 g/mol. The Balaban J connectivity index is 1.28. The van der Waals surface area contributed by atoms with Crippen LogP contribution in [0.15, 0.2) is 16.9 Å². The lowest BCUT2D eigenvalue weighted by Crippen LogP contribution is -2.50. The first-order valence-electron chi connectivity index (χ1n) is 9.40. The Morgan fingerprint density at radius 3 is 2.64 bits per heavy atom. The first kappa shape index (κ1) is 16.6. The van der Waals surface area contributed by atoms with Gasteiger partial charge in [-0.25, -0.2) is 0 Å². The van der Waals surface area contributed by atoms with Crippen LogP contribution in [0.3, 0.4) is 0 Å². The maximum atomic E-state index is 12.8. The zero-order valence-corrected chi connectivity index (χ0v) is 14.6. The Morgan fingerprint density at radius 2 is 1.96 bits per heavy atom. The fraction of sp³-hybridized carbons (Fsp3) is 0.722. The third-order valence-electron chi connectivity index (χ3n) is 5.83. The number of carbonyl (C=O) groups is 2. The third kappa shape index (κ3) is 3.56. The molecule has 2 amide bonds. The molecular weight excluding hydrogens is 320 g/mol. The molecule has 7 heteroatoms. The Morgan fingerprint density at radius 1 is 1.20 bits per heavy atom. The van der Waals surface area contributed by atoms with E-state index >= 15 is 0 Å². The number of hydrogen-bond acceptors (Lipinski definition) is 5. The number of carbonyl (C=O) groups excluding carboxylic acids is 2. The predicted octanol–water partition coefficient (Wildman–Crippen LogP) is 1.11. The van der Waals surface area contributed by atoms with Gasteiger partial charge in [0.1, 0.15) is 6.26 Å². The van der Waals surface area contributed by atoms with Crippen molar-refractivity contribution in [3.05, 3.63) is 18.0 Å². The van der Waals surface area contributed by atoms with Gasteiger partial charge in [-0.05, 0) is 12.8 Å². The smallest absolute Gasteiger partial charge is 0.228 e. The van der Waals surface area contributed by atoms with Crippen LogP contribution in [0.4, 0.5) is 0 Å². The Labute approximate surface area is 147 Å². The molecule has 0 aromatic carbocycles. The minimum absolute atomic E-state index is 0.143. The summed E-state index contributed by atoms with van der Waals surface area (Å²) in [5.41, 5.74) is 0.924.